The molecule has 1 atom stereocenters. The molecule has 2 N–H and O–H groups in total. The number of hydrogen-bond acceptors (Lipinski definition) is 3. The Morgan fingerprint density at radius 2 is 2.40 bits per heavy atom. The molecule has 3 nitrogen and oxygen atoms in total. The van der Waals surface area contributed by atoms with Crippen molar-refractivity contribution in [3.63, 3.8) is 0 Å². The van der Waals surface area contributed by atoms with Crippen molar-refractivity contribution in [2.75, 3.05) is 25.1 Å². The zero-order chi connectivity index (χ0) is 10.7. The highest BCUT2D eigenvalue weighted by Gasteiger charge is 2.21. The largest absolute Gasteiger partial charge is 0.380 e. The zero-order valence-corrected chi connectivity index (χ0v) is 9.15. The van der Waals surface area contributed by atoms with Crippen LogP contribution >= 0.6 is 0 Å². The average Bonchev–Trinajstić information content (AvgIpc) is 2.78. The summed E-state index contributed by atoms with van der Waals surface area (Å²) in [5.41, 5.74) is 8.08. The number of nitrogens with two attached hydrogens (primary N) is 1. The van der Waals surface area contributed by atoms with Crippen molar-refractivity contribution in [2.24, 2.45) is 5.73 Å². The van der Waals surface area contributed by atoms with E-state index in [9.17, 15) is 0 Å². The van der Waals surface area contributed by atoms with E-state index in [1.165, 1.54) is 11.3 Å². The lowest BCUT2D eigenvalue weighted by Gasteiger charge is -2.18. The van der Waals surface area contributed by atoms with Crippen LogP contribution in [0.3, 0.4) is 0 Å². The zero-order valence-electron chi connectivity index (χ0n) is 9.15. The molecule has 1 saturated heterocycles. The van der Waals surface area contributed by atoms with Gasteiger partial charge in [-0.15, -0.1) is 0 Å². The molecule has 0 amide bonds. The van der Waals surface area contributed by atoms with Gasteiger partial charge >= 0.3 is 0 Å². The molecule has 1 aromatic rings. The van der Waals surface area contributed by atoms with Crippen LogP contribution in [0.15, 0.2) is 24.3 Å². The van der Waals surface area contributed by atoms with Crippen molar-refractivity contribution >= 4 is 5.69 Å². The predicted molar refractivity (Wildman–Crippen MR) is 62.0 cm³/mol. The summed E-state index contributed by atoms with van der Waals surface area (Å²) in [5.74, 6) is 0. The second-order valence-corrected chi connectivity index (χ2v) is 3.97. The van der Waals surface area contributed by atoms with Crippen LogP contribution in [-0.4, -0.2) is 26.3 Å². The van der Waals surface area contributed by atoms with E-state index in [4.69, 9.17) is 10.5 Å². The highest BCUT2D eigenvalue weighted by molar-refractivity contribution is 5.49. The molecule has 0 saturated carbocycles. The van der Waals surface area contributed by atoms with E-state index < -0.39 is 0 Å². The van der Waals surface area contributed by atoms with Crippen molar-refractivity contribution in [2.45, 2.75) is 19.1 Å². The number of rotatable bonds is 3. The van der Waals surface area contributed by atoms with Gasteiger partial charge in [-0.3, -0.25) is 0 Å². The average molecular weight is 206 g/mol. The fourth-order valence-corrected chi connectivity index (χ4v) is 2.04. The Bertz CT molecular complexity index is 327. The fourth-order valence-electron chi connectivity index (χ4n) is 2.04. The van der Waals surface area contributed by atoms with Crippen LogP contribution in [0.5, 0.6) is 0 Å². The van der Waals surface area contributed by atoms with Crippen LogP contribution in [0, 0.1) is 0 Å². The van der Waals surface area contributed by atoms with Crippen molar-refractivity contribution in [3.8, 4) is 0 Å². The maximum absolute atomic E-state index is 5.63. The molecular weight excluding hydrogens is 188 g/mol. The highest BCUT2D eigenvalue weighted by Crippen LogP contribution is 2.22. The summed E-state index contributed by atoms with van der Waals surface area (Å²) >= 11 is 0. The second kappa shape index (κ2) is 4.64. The van der Waals surface area contributed by atoms with Crippen LogP contribution in [0.1, 0.15) is 12.0 Å². The molecule has 1 aliphatic rings. The van der Waals surface area contributed by atoms with E-state index in [1.54, 1.807) is 7.11 Å². The third-order valence-corrected chi connectivity index (χ3v) is 2.99. The molecule has 0 aliphatic carbocycles. The van der Waals surface area contributed by atoms with Crippen molar-refractivity contribution in [1.82, 2.24) is 0 Å². The maximum Gasteiger partial charge on any atom is 0.0762 e. The lowest BCUT2D eigenvalue weighted by atomic mass is 10.2. The Labute approximate surface area is 90.8 Å². The quantitative estimate of drug-likeness (QED) is 0.811. The number of anilines is 1. The Morgan fingerprint density at radius 3 is 3.07 bits per heavy atom. The lowest BCUT2D eigenvalue weighted by molar-refractivity contribution is 0.121. The van der Waals surface area contributed by atoms with Crippen LogP contribution in [-0.2, 0) is 11.3 Å². The summed E-state index contributed by atoms with van der Waals surface area (Å²) in [6, 6.07) is 8.43. The number of methoxy groups -OCH3 is 1. The Hall–Kier alpha value is -1.06. The minimum absolute atomic E-state index is 0.381. The first-order valence-electron chi connectivity index (χ1n) is 5.40. The van der Waals surface area contributed by atoms with E-state index >= 15 is 0 Å². The van der Waals surface area contributed by atoms with Gasteiger partial charge in [-0.05, 0) is 24.1 Å². The molecule has 1 heterocycles. The number of hydrogen-bond donors (Lipinski definition) is 1. The molecule has 15 heavy (non-hydrogen) atoms. The number of ether oxygens (including phenoxy) is 1. The highest BCUT2D eigenvalue weighted by atomic mass is 16.5. The molecule has 1 unspecified atom stereocenters. The topological polar surface area (TPSA) is 38.5 Å². The number of benzene rings is 1. The predicted octanol–water partition coefficient (Wildman–Crippen LogP) is 1.37. The molecule has 1 fully saturated rings. The minimum Gasteiger partial charge on any atom is -0.380 e. The van der Waals surface area contributed by atoms with Gasteiger partial charge in [0.05, 0.1) is 6.10 Å². The maximum atomic E-state index is 5.63. The van der Waals surface area contributed by atoms with Crippen LogP contribution < -0.4 is 10.6 Å². The Balaban J connectivity index is 2.09. The third kappa shape index (κ3) is 2.30. The standard InChI is InChI=1S/C12H18N2O/c1-15-12-5-6-14(9-12)11-4-2-3-10(7-11)8-13/h2-4,7,12H,5-6,8-9,13H2,1H3. The first kappa shape index (κ1) is 10.5. The Kier molecular flexibility index (Phi) is 3.23. The molecule has 0 radical (unpaired) electrons. The summed E-state index contributed by atoms with van der Waals surface area (Å²) in [5, 5.41) is 0. The van der Waals surface area contributed by atoms with Crippen molar-refractivity contribution in [1.29, 1.82) is 0 Å². The van der Waals surface area contributed by atoms with Crippen molar-refractivity contribution < 1.29 is 4.74 Å². The molecule has 0 aromatic heterocycles. The van der Waals surface area contributed by atoms with E-state index in [2.05, 4.69) is 29.2 Å². The summed E-state index contributed by atoms with van der Waals surface area (Å²) < 4.78 is 5.35. The van der Waals surface area contributed by atoms with Gasteiger partial charge in [-0.2, -0.15) is 0 Å². The molecule has 2 rings (SSSR count). The van der Waals surface area contributed by atoms with Gasteiger partial charge in [0.15, 0.2) is 0 Å². The first-order chi connectivity index (χ1) is 7.33. The monoisotopic (exact) mass is 206 g/mol. The van der Waals surface area contributed by atoms with Gasteiger partial charge < -0.3 is 15.4 Å². The van der Waals surface area contributed by atoms with Crippen LogP contribution in [0.4, 0.5) is 5.69 Å². The summed E-state index contributed by atoms with van der Waals surface area (Å²) in [7, 11) is 1.78. The normalized spacial score (nSPS) is 20.9. The third-order valence-electron chi connectivity index (χ3n) is 2.99. The van der Waals surface area contributed by atoms with E-state index in [-0.39, 0.29) is 0 Å². The summed E-state index contributed by atoms with van der Waals surface area (Å²) in [4.78, 5) is 2.35. The summed E-state index contributed by atoms with van der Waals surface area (Å²) in [6.07, 6.45) is 1.50. The molecule has 0 bridgehead atoms. The van der Waals surface area contributed by atoms with Crippen LogP contribution in [0.2, 0.25) is 0 Å². The van der Waals surface area contributed by atoms with E-state index in [0.717, 1.165) is 19.5 Å². The lowest BCUT2D eigenvalue weighted by Crippen LogP contribution is -2.22. The van der Waals surface area contributed by atoms with Gasteiger partial charge in [-0.1, -0.05) is 12.1 Å². The Morgan fingerprint density at radius 1 is 1.53 bits per heavy atom. The van der Waals surface area contributed by atoms with Gasteiger partial charge in [0.25, 0.3) is 0 Å². The molecule has 82 valence electrons. The molecule has 1 aromatic carbocycles. The summed E-state index contributed by atoms with van der Waals surface area (Å²) in [6.45, 7) is 2.67. The molecule has 3 heteroatoms. The van der Waals surface area contributed by atoms with Crippen molar-refractivity contribution in [3.05, 3.63) is 29.8 Å². The number of nitrogens with zero attached hydrogens (tertiary/aromatic N) is 1. The second-order valence-electron chi connectivity index (χ2n) is 3.97. The van der Waals surface area contributed by atoms with Crippen LogP contribution in [0.25, 0.3) is 0 Å². The molecular formula is C12H18N2O. The minimum atomic E-state index is 0.381. The van der Waals surface area contributed by atoms with Gasteiger partial charge in [-0.25, -0.2) is 0 Å². The fraction of sp³-hybridized carbons (Fsp3) is 0.500. The van der Waals surface area contributed by atoms with E-state index in [0.29, 0.717) is 12.6 Å². The SMILES string of the molecule is COC1CCN(c2cccc(CN)c2)C1. The smallest absolute Gasteiger partial charge is 0.0762 e. The molecule has 0 spiro atoms. The van der Waals surface area contributed by atoms with Gasteiger partial charge in [0.2, 0.25) is 0 Å². The van der Waals surface area contributed by atoms with E-state index in [1.807, 2.05) is 0 Å². The van der Waals surface area contributed by atoms with Gasteiger partial charge in [0, 0.05) is 32.4 Å². The van der Waals surface area contributed by atoms with Gasteiger partial charge in [0.1, 0.15) is 0 Å². The molecule has 1 aliphatic heterocycles. The first-order valence-corrected chi connectivity index (χ1v) is 5.40.